The number of hydrazone groups is 1. The van der Waals surface area contributed by atoms with Crippen LogP contribution in [0.3, 0.4) is 0 Å². The first-order chi connectivity index (χ1) is 14.7. The molecule has 30 heavy (non-hydrogen) atoms. The number of rotatable bonds is 6. The SMILES string of the molecule is C/C(=N/NC(=O)c1ccc(Cn2nnc(-c3ccccc3)n2)cc1)c1ccccn1. The number of carbonyl (C=O) groups is 1. The van der Waals surface area contributed by atoms with Crippen LogP contribution in [-0.2, 0) is 6.54 Å². The molecule has 2 heterocycles. The maximum Gasteiger partial charge on any atom is 0.271 e. The van der Waals surface area contributed by atoms with Crippen molar-refractivity contribution in [1.29, 1.82) is 0 Å². The highest BCUT2D eigenvalue weighted by Gasteiger charge is 2.08. The summed E-state index contributed by atoms with van der Waals surface area (Å²) in [5, 5.41) is 16.7. The normalized spacial score (nSPS) is 11.3. The number of hydrogen-bond donors (Lipinski definition) is 1. The highest BCUT2D eigenvalue weighted by Crippen LogP contribution is 2.12. The van der Waals surface area contributed by atoms with Crippen LogP contribution in [0, 0.1) is 0 Å². The van der Waals surface area contributed by atoms with E-state index in [1.807, 2.05) is 60.7 Å². The third-order valence-electron chi connectivity index (χ3n) is 4.39. The number of nitrogens with zero attached hydrogens (tertiary/aromatic N) is 6. The van der Waals surface area contributed by atoms with E-state index in [9.17, 15) is 4.79 Å². The molecule has 0 atom stereocenters. The second kappa shape index (κ2) is 8.87. The summed E-state index contributed by atoms with van der Waals surface area (Å²) in [5.41, 5.74) is 6.28. The molecule has 2 aromatic heterocycles. The molecular formula is C22H19N7O. The molecule has 0 aliphatic carbocycles. The minimum absolute atomic E-state index is 0.290. The zero-order chi connectivity index (χ0) is 20.8. The van der Waals surface area contributed by atoms with Crippen LogP contribution in [0.25, 0.3) is 11.4 Å². The van der Waals surface area contributed by atoms with Gasteiger partial charge in [0.25, 0.3) is 5.91 Å². The van der Waals surface area contributed by atoms with Crippen LogP contribution in [0.2, 0.25) is 0 Å². The Hall–Kier alpha value is -4.20. The van der Waals surface area contributed by atoms with E-state index >= 15 is 0 Å². The van der Waals surface area contributed by atoms with Crippen LogP contribution < -0.4 is 5.43 Å². The first-order valence-corrected chi connectivity index (χ1v) is 9.37. The van der Waals surface area contributed by atoms with Gasteiger partial charge >= 0.3 is 0 Å². The Balaban J connectivity index is 1.38. The lowest BCUT2D eigenvalue weighted by molar-refractivity contribution is 0.0955. The molecule has 4 rings (SSSR count). The molecule has 8 nitrogen and oxygen atoms in total. The summed E-state index contributed by atoms with van der Waals surface area (Å²) >= 11 is 0. The lowest BCUT2D eigenvalue weighted by Crippen LogP contribution is -2.19. The minimum Gasteiger partial charge on any atom is -0.267 e. The van der Waals surface area contributed by atoms with Crippen molar-refractivity contribution in [1.82, 2.24) is 30.6 Å². The topological polar surface area (TPSA) is 98.0 Å². The maximum absolute atomic E-state index is 12.3. The van der Waals surface area contributed by atoms with Crippen molar-refractivity contribution in [2.75, 3.05) is 0 Å². The van der Waals surface area contributed by atoms with Gasteiger partial charge in [0, 0.05) is 17.3 Å². The van der Waals surface area contributed by atoms with Gasteiger partial charge in [-0.1, -0.05) is 48.5 Å². The second-order valence-electron chi connectivity index (χ2n) is 6.56. The molecule has 0 spiro atoms. The number of benzene rings is 2. The van der Waals surface area contributed by atoms with Gasteiger partial charge in [-0.05, 0) is 42.0 Å². The number of carbonyl (C=O) groups excluding carboxylic acids is 1. The van der Waals surface area contributed by atoms with Crippen molar-refractivity contribution in [3.05, 3.63) is 95.8 Å². The van der Waals surface area contributed by atoms with Gasteiger partial charge in [-0.15, -0.1) is 10.2 Å². The largest absolute Gasteiger partial charge is 0.271 e. The van der Waals surface area contributed by atoms with Crippen molar-refractivity contribution in [2.45, 2.75) is 13.5 Å². The molecule has 0 saturated carbocycles. The van der Waals surface area contributed by atoms with Gasteiger partial charge in [-0.25, -0.2) is 5.43 Å². The van der Waals surface area contributed by atoms with Gasteiger partial charge in [-0.3, -0.25) is 9.78 Å². The predicted molar refractivity (Wildman–Crippen MR) is 113 cm³/mol. The molecule has 0 aliphatic rings. The Labute approximate surface area is 173 Å². The Morgan fingerprint density at radius 3 is 2.50 bits per heavy atom. The summed E-state index contributed by atoms with van der Waals surface area (Å²) in [5.74, 6) is 0.287. The van der Waals surface area contributed by atoms with Crippen molar-refractivity contribution >= 4 is 11.6 Å². The van der Waals surface area contributed by atoms with E-state index in [1.54, 1.807) is 25.3 Å². The van der Waals surface area contributed by atoms with Crippen LogP contribution in [0.4, 0.5) is 0 Å². The predicted octanol–water partition coefficient (Wildman–Crippen LogP) is 2.94. The van der Waals surface area contributed by atoms with Crippen LogP contribution in [0.15, 0.2) is 84.1 Å². The first-order valence-electron chi connectivity index (χ1n) is 9.37. The van der Waals surface area contributed by atoms with Gasteiger partial charge < -0.3 is 0 Å². The molecule has 0 fully saturated rings. The number of hydrogen-bond acceptors (Lipinski definition) is 6. The van der Waals surface area contributed by atoms with E-state index in [-0.39, 0.29) is 5.91 Å². The number of nitrogens with one attached hydrogen (secondary N) is 1. The number of tetrazole rings is 1. The molecule has 0 aliphatic heterocycles. The Kier molecular flexibility index (Phi) is 5.66. The zero-order valence-corrected chi connectivity index (χ0v) is 16.3. The monoisotopic (exact) mass is 397 g/mol. The van der Waals surface area contributed by atoms with Gasteiger partial charge in [-0.2, -0.15) is 9.90 Å². The summed E-state index contributed by atoms with van der Waals surface area (Å²) < 4.78 is 0. The van der Waals surface area contributed by atoms with Crippen LogP contribution >= 0.6 is 0 Å². The average Bonchev–Trinajstić information content (AvgIpc) is 3.27. The van der Waals surface area contributed by atoms with Gasteiger partial charge in [0.05, 0.1) is 18.0 Å². The molecule has 0 saturated heterocycles. The zero-order valence-electron chi connectivity index (χ0n) is 16.3. The second-order valence-corrected chi connectivity index (χ2v) is 6.56. The Morgan fingerprint density at radius 1 is 1.00 bits per heavy atom. The molecule has 1 N–H and O–H groups in total. The lowest BCUT2D eigenvalue weighted by Gasteiger charge is -2.04. The summed E-state index contributed by atoms with van der Waals surface area (Å²) in [4.78, 5) is 18.1. The smallest absolute Gasteiger partial charge is 0.267 e. The van der Waals surface area contributed by atoms with Gasteiger partial charge in [0.15, 0.2) is 0 Å². The summed E-state index contributed by atoms with van der Waals surface area (Å²) in [7, 11) is 0. The molecule has 2 aromatic carbocycles. The highest BCUT2D eigenvalue weighted by molar-refractivity contribution is 5.99. The van der Waals surface area contributed by atoms with Crippen LogP contribution in [0.1, 0.15) is 28.5 Å². The van der Waals surface area contributed by atoms with E-state index in [1.165, 1.54) is 4.80 Å². The molecule has 4 aromatic rings. The fourth-order valence-electron chi connectivity index (χ4n) is 2.77. The fourth-order valence-corrected chi connectivity index (χ4v) is 2.77. The van der Waals surface area contributed by atoms with Crippen LogP contribution in [0.5, 0.6) is 0 Å². The molecule has 0 bridgehead atoms. The minimum atomic E-state index is -0.290. The molecule has 0 radical (unpaired) electrons. The van der Waals surface area contributed by atoms with Gasteiger partial charge in [0.2, 0.25) is 5.82 Å². The Morgan fingerprint density at radius 2 is 1.77 bits per heavy atom. The van der Waals surface area contributed by atoms with Crippen molar-refractivity contribution in [3.8, 4) is 11.4 Å². The average molecular weight is 397 g/mol. The van der Waals surface area contributed by atoms with Gasteiger partial charge in [0.1, 0.15) is 0 Å². The van der Waals surface area contributed by atoms with E-state index in [4.69, 9.17) is 0 Å². The van der Waals surface area contributed by atoms with E-state index in [0.29, 0.717) is 29.3 Å². The lowest BCUT2D eigenvalue weighted by atomic mass is 10.1. The number of pyridine rings is 1. The quantitative estimate of drug-likeness (QED) is 0.398. The summed E-state index contributed by atoms with van der Waals surface area (Å²) in [6.07, 6.45) is 1.68. The number of aromatic nitrogens is 5. The standard InChI is InChI=1S/C22H19N7O/c1-16(20-9-5-6-14-23-20)24-26-22(30)19-12-10-17(11-13-19)15-29-27-21(25-28-29)18-7-3-2-4-8-18/h2-14H,15H2,1H3,(H,26,30)/b24-16-. The molecule has 148 valence electrons. The molecule has 1 amide bonds. The Bertz CT molecular complexity index is 1150. The third kappa shape index (κ3) is 4.61. The molecule has 8 heteroatoms. The highest BCUT2D eigenvalue weighted by atomic mass is 16.2. The van der Waals surface area contributed by atoms with Crippen molar-refractivity contribution in [3.63, 3.8) is 0 Å². The third-order valence-corrected chi connectivity index (χ3v) is 4.39. The maximum atomic E-state index is 12.3. The van der Waals surface area contributed by atoms with E-state index < -0.39 is 0 Å². The summed E-state index contributed by atoms with van der Waals surface area (Å²) in [6.45, 7) is 2.25. The van der Waals surface area contributed by atoms with Crippen molar-refractivity contribution < 1.29 is 4.79 Å². The van der Waals surface area contributed by atoms with Crippen LogP contribution in [-0.4, -0.2) is 36.8 Å². The fraction of sp³-hybridized carbons (Fsp3) is 0.0909. The van der Waals surface area contributed by atoms with E-state index in [2.05, 4.69) is 30.9 Å². The van der Waals surface area contributed by atoms with Crippen molar-refractivity contribution in [2.24, 2.45) is 5.10 Å². The summed E-state index contributed by atoms with van der Waals surface area (Å²) in [6, 6.07) is 22.4. The van der Waals surface area contributed by atoms with E-state index in [0.717, 1.165) is 11.1 Å². The first kappa shape index (κ1) is 19.1. The molecular weight excluding hydrogens is 378 g/mol. The molecule has 0 unspecified atom stereocenters. The number of amides is 1.